The zero-order valence-corrected chi connectivity index (χ0v) is 10.3. The third kappa shape index (κ3) is 2.33. The highest BCUT2D eigenvalue weighted by Crippen LogP contribution is 2.34. The van der Waals surface area contributed by atoms with Gasteiger partial charge in [-0.15, -0.1) is 0 Å². The molecule has 2 saturated heterocycles. The Morgan fingerprint density at radius 1 is 1.18 bits per heavy atom. The van der Waals surface area contributed by atoms with E-state index in [0.717, 1.165) is 38.8 Å². The van der Waals surface area contributed by atoms with Crippen molar-refractivity contribution in [2.75, 3.05) is 13.2 Å². The molecule has 0 aromatic rings. The first kappa shape index (κ1) is 11.5. The van der Waals surface area contributed by atoms with E-state index < -0.39 is 0 Å². The third-order valence-electron chi connectivity index (χ3n) is 4.49. The first-order valence-electron chi connectivity index (χ1n) is 7.00. The van der Waals surface area contributed by atoms with E-state index in [1.165, 1.54) is 12.8 Å². The summed E-state index contributed by atoms with van der Waals surface area (Å²) in [6.45, 7) is 1.86. The molecule has 0 radical (unpaired) electrons. The molecule has 1 saturated carbocycles. The highest BCUT2D eigenvalue weighted by Gasteiger charge is 2.39. The van der Waals surface area contributed by atoms with E-state index in [2.05, 4.69) is 10.6 Å². The number of nitrogens with one attached hydrogen (secondary N) is 2. The van der Waals surface area contributed by atoms with Gasteiger partial charge >= 0.3 is 0 Å². The summed E-state index contributed by atoms with van der Waals surface area (Å²) in [5, 5.41) is 6.51. The smallest absolute Gasteiger partial charge is 0.237 e. The predicted molar refractivity (Wildman–Crippen MR) is 64.7 cm³/mol. The van der Waals surface area contributed by atoms with Crippen LogP contribution in [0, 0.1) is 5.92 Å². The molecule has 2 aliphatic heterocycles. The second-order valence-corrected chi connectivity index (χ2v) is 5.56. The molecule has 96 valence electrons. The SMILES string of the molecule is O=C(NC1CCCC2OCCC12)C1CCCN1. The Labute approximate surface area is 102 Å². The molecule has 1 aliphatic carbocycles. The molecular formula is C13H22N2O2. The maximum atomic E-state index is 12.1. The molecule has 3 aliphatic rings. The van der Waals surface area contributed by atoms with Gasteiger partial charge in [-0.3, -0.25) is 4.79 Å². The Bertz CT molecular complexity index is 289. The van der Waals surface area contributed by atoms with Crippen LogP contribution in [0.1, 0.15) is 38.5 Å². The van der Waals surface area contributed by atoms with Crippen molar-refractivity contribution < 1.29 is 9.53 Å². The quantitative estimate of drug-likeness (QED) is 0.748. The normalized spacial score (nSPS) is 41.2. The highest BCUT2D eigenvalue weighted by atomic mass is 16.5. The van der Waals surface area contributed by atoms with E-state index in [1.807, 2.05) is 0 Å². The standard InChI is InChI=1S/C13H22N2O2/c16-13(11-4-2-7-14-11)15-10-3-1-5-12-9(10)6-8-17-12/h9-12,14H,1-8H2,(H,15,16). The molecule has 4 heteroatoms. The lowest BCUT2D eigenvalue weighted by molar-refractivity contribution is -0.124. The Kier molecular flexibility index (Phi) is 3.34. The average Bonchev–Trinajstić information content (AvgIpc) is 3.00. The predicted octanol–water partition coefficient (Wildman–Crippen LogP) is 0.812. The summed E-state index contributed by atoms with van der Waals surface area (Å²) in [4.78, 5) is 12.1. The second kappa shape index (κ2) is 4.94. The summed E-state index contributed by atoms with van der Waals surface area (Å²) in [5.41, 5.74) is 0. The molecule has 3 rings (SSSR count). The van der Waals surface area contributed by atoms with Crippen LogP contribution >= 0.6 is 0 Å². The van der Waals surface area contributed by atoms with Gasteiger partial charge in [0.2, 0.25) is 5.91 Å². The fourth-order valence-electron chi connectivity index (χ4n) is 3.55. The van der Waals surface area contributed by atoms with Crippen LogP contribution in [0.2, 0.25) is 0 Å². The number of carbonyl (C=O) groups excluding carboxylic acids is 1. The maximum Gasteiger partial charge on any atom is 0.237 e. The second-order valence-electron chi connectivity index (χ2n) is 5.56. The zero-order chi connectivity index (χ0) is 11.7. The van der Waals surface area contributed by atoms with Crippen LogP contribution in [0.15, 0.2) is 0 Å². The van der Waals surface area contributed by atoms with Crippen LogP contribution < -0.4 is 10.6 Å². The Balaban J connectivity index is 1.58. The molecule has 2 heterocycles. The van der Waals surface area contributed by atoms with Crippen molar-refractivity contribution in [2.24, 2.45) is 5.92 Å². The van der Waals surface area contributed by atoms with Gasteiger partial charge in [-0.05, 0) is 45.1 Å². The van der Waals surface area contributed by atoms with E-state index in [1.54, 1.807) is 0 Å². The summed E-state index contributed by atoms with van der Waals surface area (Å²) in [6.07, 6.45) is 7.13. The summed E-state index contributed by atoms with van der Waals surface area (Å²) in [5.74, 6) is 0.772. The van der Waals surface area contributed by atoms with Crippen LogP contribution in [0.25, 0.3) is 0 Å². The van der Waals surface area contributed by atoms with Crippen molar-refractivity contribution in [3.63, 3.8) is 0 Å². The minimum absolute atomic E-state index is 0.0534. The van der Waals surface area contributed by atoms with E-state index in [0.29, 0.717) is 18.1 Å². The molecule has 4 unspecified atom stereocenters. The Morgan fingerprint density at radius 2 is 2.12 bits per heavy atom. The highest BCUT2D eigenvalue weighted by molar-refractivity contribution is 5.82. The Hall–Kier alpha value is -0.610. The van der Waals surface area contributed by atoms with Crippen LogP contribution in [0.3, 0.4) is 0 Å². The van der Waals surface area contributed by atoms with Crippen molar-refractivity contribution in [1.82, 2.24) is 10.6 Å². The first-order valence-corrected chi connectivity index (χ1v) is 7.00. The molecule has 17 heavy (non-hydrogen) atoms. The van der Waals surface area contributed by atoms with Gasteiger partial charge in [0, 0.05) is 18.6 Å². The van der Waals surface area contributed by atoms with E-state index in [9.17, 15) is 4.79 Å². The Morgan fingerprint density at radius 3 is 2.94 bits per heavy atom. The van der Waals surface area contributed by atoms with Gasteiger partial charge in [-0.2, -0.15) is 0 Å². The molecule has 0 aromatic carbocycles. The lowest BCUT2D eigenvalue weighted by Gasteiger charge is -2.33. The molecule has 3 fully saturated rings. The van der Waals surface area contributed by atoms with E-state index >= 15 is 0 Å². The maximum absolute atomic E-state index is 12.1. The number of hydrogen-bond acceptors (Lipinski definition) is 3. The molecule has 0 spiro atoms. The molecular weight excluding hydrogens is 216 g/mol. The fourth-order valence-corrected chi connectivity index (χ4v) is 3.55. The number of amides is 1. The number of rotatable bonds is 2. The topological polar surface area (TPSA) is 50.4 Å². The van der Waals surface area contributed by atoms with Crippen molar-refractivity contribution in [3.05, 3.63) is 0 Å². The van der Waals surface area contributed by atoms with Gasteiger partial charge in [-0.1, -0.05) is 0 Å². The minimum Gasteiger partial charge on any atom is -0.378 e. The summed E-state index contributed by atoms with van der Waals surface area (Å²) >= 11 is 0. The zero-order valence-electron chi connectivity index (χ0n) is 10.3. The largest absolute Gasteiger partial charge is 0.378 e. The van der Waals surface area contributed by atoms with Crippen molar-refractivity contribution in [1.29, 1.82) is 0 Å². The third-order valence-corrected chi connectivity index (χ3v) is 4.49. The van der Waals surface area contributed by atoms with Crippen LogP contribution in [-0.4, -0.2) is 37.2 Å². The van der Waals surface area contributed by atoms with Gasteiger partial charge in [0.15, 0.2) is 0 Å². The van der Waals surface area contributed by atoms with Gasteiger partial charge in [0.1, 0.15) is 0 Å². The molecule has 2 N–H and O–H groups in total. The molecule has 4 atom stereocenters. The monoisotopic (exact) mass is 238 g/mol. The van der Waals surface area contributed by atoms with E-state index in [4.69, 9.17) is 4.74 Å². The number of hydrogen-bond donors (Lipinski definition) is 2. The molecule has 1 amide bonds. The van der Waals surface area contributed by atoms with Crippen LogP contribution in [0.4, 0.5) is 0 Å². The van der Waals surface area contributed by atoms with Gasteiger partial charge in [0.05, 0.1) is 12.1 Å². The van der Waals surface area contributed by atoms with Crippen LogP contribution in [0.5, 0.6) is 0 Å². The summed E-state index contributed by atoms with van der Waals surface area (Å²) < 4.78 is 5.73. The van der Waals surface area contributed by atoms with Gasteiger partial charge in [0.25, 0.3) is 0 Å². The number of ether oxygens (including phenoxy) is 1. The van der Waals surface area contributed by atoms with E-state index in [-0.39, 0.29) is 11.9 Å². The molecule has 4 nitrogen and oxygen atoms in total. The lowest BCUT2D eigenvalue weighted by Crippen LogP contribution is -2.50. The number of fused-ring (bicyclic) bond motifs is 1. The van der Waals surface area contributed by atoms with Crippen molar-refractivity contribution in [3.8, 4) is 0 Å². The number of carbonyl (C=O) groups is 1. The van der Waals surface area contributed by atoms with Gasteiger partial charge < -0.3 is 15.4 Å². The van der Waals surface area contributed by atoms with Crippen LogP contribution in [-0.2, 0) is 9.53 Å². The molecule has 0 aromatic heterocycles. The average molecular weight is 238 g/mol. The summed E-state index contributed by atoms with van der Waals surface area (Å²) in [6, 6.07) is 0.406. The van der Waals surface area contributed by atoms with Gasteiger partial charge in [-0.25, -0.2) is 0 Å². The fraction of sp³-hybridized carbons (Fsp3) is 0.923. The van der Waals surface area contributed by atoms with Crippen molar-refractivity contribution in [2.45, 2.75) is 56.7 Å². The minimum atomic E-state index is 0.0534. The van der Waals surface area contributed by atoms with Crippen molar-refractivity contribution >= 4 is 5.91 Å². The first-order chi connectivity index (χ1) is 8.34. The lowest BCUT2D eigenvalue weighted by atomic mass is 9.81. The molecule has 0 bridgehead atoms. The summed E-state index contributed by atoms with van der Waals surface area (Å²) in [7, 11) is 0.